The molecule has 112 valence electrons. The first-order valence-electron chi connectivity index (χ1n) is 6.65. The van der Waals surface area contributed by atoms with Crippen LogP contribution in [0.2, 0.25) is 0 Å². The number of amides is 1. The van der Waals surface area contributed by atoms with Gasteiger partial charge >= 0.3 is 0 Å². The molecular formula is C16H19NO3S. The summed E-state index contributed by atoms with van der Waals surface area (Å²) in [5, 5.41) is 2.90. The first-order chi connectivity index (χ1) is 10.1. The van der Waals surface area contributed by atoms with Crippen molar-refractivity contribution in [2.45, 2.75) is 13.0 Å². The number of carbonyl (C=O) groups excluding carboxylic acids is 1. The van der Waals surface area contributed by atoms with E-state index >= 15 is 0 Å². The lowest BCUT2D eigenvalue weighted by molar-refractivity contribution is 0.0837. The third-order valence-electron chi connectivity index (χ3n) is 3.14. The molecule has 1 atom stereocenters. The van der Waals surface area contributed by atoms with Crippen LogP contribution in [0.15, 0.2) is 36.4 Å². The van der Waals surface area contributed by atoms with E-state index in [-0.39, 0.29) is 12.0 Å². The minimum Gasteiger partial charge on any atom is -0.497 e. The SMILES string of the molecule is COc1cccc(C(=O)NCC(OC)c2ccc(C)s2)c1. The summed E-state index contributed by atoms with van der Waals surface area (Å²) in [4.78, 5) is 14.5. The second-order valence-electron chi connectivity index (χ2n) is 4.61. The van der Waals surface area contributed by atoms with Crippen molar-refractivity contribution in [3.8, 4) is 5.75 Å². The van der Waals surface area contributed by atoms with Crippen molar-refractivity contribution in [2.75, 3.05) is 20.8 Å². The molecule has 1 amide bonds. The normalized spacial score (nSPS) is 12.0. The molecule has 1 unspecified atom stereocenters. The van der Waals surface area contributed by atoms with Crippen LogP contribution in [0.5, 0.6) is 5.75 Å². The molecule has 2 rings (SSSR count). The molecule has 0 saturated carbocycles. The van der Waals surface area contributed by atoms with Gasteiger partial charge in [0, 0.05) is 29.0 Å². The number of benzene rings is 1. The quantitative estimate of drug-likeness (QED) is 0.891. The molecule has 0 aliphatic heterocycles. The van der Waals surface area contributed by atoms with Crippen LogP contribution in [0.4, 0.5) is 0 Å². The summed E-state index contributed by atoms with van der Waals surface area (Å²) in [6.45, 7) is 2.49. The van der Waals surface area contributed by atoms with E-state index in [1.807, 2.05) is 12.1 Å². The zero-order valence-corrected chi connectivity index (χ0v) is 13.2. The Hall–Kier alpha value is -1.85. The topological polar surface area (TPSA) is 47.6 Å². The van der Waals surface area contributed by atoms with E-state index < -0.39 is 0 Å². The Morgan fingerprint density at radius 2 is 2.10 bits per heavy atom. The smallest absolute Gasteiger partial charge is 0.251 e. The van der Waals surface area contributed by atoms with Gasteiger partial charge < -0.3 is 14.8 Å². The number of thiophene rings is 1. The van der Waals surface area contributed by atoms with Gasteiger partial charge in [-0.1, -0.05) is 6.07 Å². The van der Waals surface area contributed by atoms with Crippen molar-refractivity contribution in [2.24, 2.45) is 0 Å². The fraction of sp³-hybridized carbons (Fsp3) is 0.312. The van der Waals surface area contributed by atoms with E-state index in [0.29, 0.717) is 17.9 Å². The van der Waals surface area contributed by atoms with Crippen LogP contribution in [0.3, 0.4) is 0 Å². The van der Waals surface area contributed by atoms with E-state index in [9.17, 15) is 4.79 Å². The maximum Gasteiger partial charge on any atom is 0.251 e. The van der Waals surface area contributed by atoms with Gasteiger partial charge in [0.2, 0.25) is 0 Å². The van der Waals surface area contributed by atoms with Crippen LogP contribution in [0.25, 0.3) is 0 Å². The van der Waals surface area contributed by atoms with Crippen LogP contribution >= 0.6 is 11.3 Å². The summed E-state index contributed by atoms with van der Waals surface area (Å²) in [7, 11) is 3.23. The predicted octanol–water partition coefficient (Wildman–Crippen LogP) is 3.18. The number of carbonyl (C=O) groups is 1. The van der Waals surface area contributed by atoms with Crippen molar-refractivity contribution in [1.29, 1.82) is 0 Å². The van der Waals surface area contributed by atoms with Gasteiger partial charge in [-0.15, -0.1) is 11.3 Å². The lowest BCUT2D eigenvalue weighted by atomic mass is 10.2. The zero-order chi connectivity index (χ0) is 15.2. The molecular weight excluding hydrogens is 286 g/mol. The van der Waals surface area contributed by atoms with Gasteiger partial charge in [0.05, 0.1) is 7.11 Å². The van der Waals surface area contributed by atoms with Crippen LogP contribution in [0.1, 0.15) is 26.2 Å². The fourth-order valence-electron chi connectivity index (χ4n) is 1.98. The van der Waals surface area contributed by atoms with Gasteiger partial charge in [0.25, 0.3) is 5.91 Å². The molecule has 4 nitrogen and oxygen atoms in total. The third-order valence-corrected chi connectivity index (χ3v) is 4.24. The summed E-state index contributed by atoms with van der Waals surface area (Å²) in [5.74, 6) is 0.532. The Morgan fingerprint density at radius 3 is 2.71 bits per heavy atom. The summed E-state index contributed by atoms with van der Waals surface area (Å²) >= 11 is 1.68. The molecule has 1 aromatic heterocycles. The minimum atomic E-state index is -0.135. The monoisotopic (exact) mass is 305 g/mol. The number of hydrogen-bond donors (Lipinski definition) is 1. The number of rotatable bonds is 6. The summed E-state index contributed by atoms with van der Waals surface area (Å²) in [6.07, 6.45) is -0.127. The Morgan fingerprint density at radius 1 is 1.29 bits per heavy atom. The first-order valence-corrected chi connectivity index (χ1v) is 7.47. The van der Waals surface area contributed by atoms with Gasteiger partial charge in [-0.2, -0.15) is 0 Å². The highest BCUT2D eigenvalue weighted by Gasteiger charge is 2.15. The molecule has 1 aromatic carbocycles. The summed E-state index contributed by atoms with van der Waals surface area (Å²) < 4.78 is 10.6. The number of hydrogen-bond acceptors (Lipinski definition) is 4. The molecule has 0 radical (unpaired) electrons. The van der Waals surface area contributed by atoms with Gasteiger partial charge in [0.1, 0.15) is 11.9 Å². The molecule has 5 heteroatoms. The molecule has 0 aliphatic carbocycles. The lowest BCUT2D eigenvalue weighted by Crippen LogP contribution is -2.28. The number of ether oxygens (including phenoxy) is 2. The Kier molecular flexibility index (Phi) is 5.36. The predicted molar refractivity (Wildman–Crippen MR) is 84.1 cm³/mol. The number of methoxy groups -OCH3 is 2. The van der Waals surface area contributed by atoms with Crippen molar-refractivity contribution in [1.82, 2.24) is 5.32 Å². The highest BCUT2D eigenvalue weighted by atomic mass is 32.1. The van der Waals surface area contributed by atoms with E-state index in [4.69, 9.17) is 9.47 Å². The van der Waals surface area contributed by atoms with Crippen molar-refractivity contribution in [3.05, 3.63) is 51.7 Å². The average Bonchev–Trinajstić information content (AvgIpc) is 2.94. The Bertz CT molecular complexity index is 609. The van der Waals surface area contributed by atoms with Crippen LogP contribution in [-0.2, 0) is 4.74 Å². The summed E-state index contributed by atoms with van der Waals surface area (Å²) in [6, 6.07) is 11.2. The average molecular weight is 305 g/mol. The van der Waals surface area contributed by atoms with E-state index in [0.717, 1.165) is 4.88 Å². The highest BCUT2D eigenvalue weighted by molar-refractivity contribution is 7.12. The van der Waals surface area contributed by atoms with E-state index in [1.54, 1.807) is 43.8 Å². The van der Waals surface area contributed by atoms with Gasteiger partial charge in [-0.3, -0.25) is 4.79 Å². The first kappa shape index (κ1) is 15.5. The zero-order valence-electron chi connectivity index (χ0n) is 12.4. The molecule has 0 aliphatic rings. The van der Waals surface area contributed by atoms with E-state index in [1.165, 1.54) is 4.88 Å². The van der Waals surface area contributed by atoms with Crippen LogP contribution in [-0.4, -0.2) is 26.7 Å². The van der Waals surface area contributed by atoms with E-state index in [2.05, 4.69) is 18.3 Å². The highest BCUT2D eigenvalue weighted by Crippen LogP contribution is 2.24. The largest absolute Gasteiger partial charge is 0.497 e. The van der Waals surface area contributed by atoms with Crippen molar-refractivity contribution >= 4 is 17.2 Å². The van der Waals surface area contributed by atoms with Gasteiger partial charge in [-0.25, -0.2) is 0 Å². The van der Waals surface area contributed by atoms with Gasteiger partial charge in [0.15, 0.2) is 0 Å². The molecule has 2 aromatic rings. The fourth-order valence-corrected chi connectivity index (χ4v) is 2.93. The minimum absolute atomic E-state index is 0.127. The standard InChI is InChI=1S/C16H19NO3S/c1-11-7-8-15(21-11)14(20-3)10-17-16(18)12-5-4-6-13(9-12)19-2/h4-9,14H,10H2,1-3H3,(H,17,18). The molecule has 0 saturated heterocycles. The lowest BCUT2D eigenvalue weighted by Gasteiger charge is -2.14. The number of nitrogens with one attached hydrogen (secondary N) is 1. The van der Waals surface area contributed by atoms with Crippen LogP contribution in [0, 0.1) is 6.92 Å². The third kappa shape index (κ3) is 4.06. The second kappa shape index (κ2) is 7.24. The molecule has 1 N–H and O–H groups in total. The van der Waals surface area contributed by atoms with Gasteiger partial charge in [-0.05, 0) is 37.3 Å². The maximum absolute atomic E-state index is 12.2. The molecule has 1 heterocycles. The summed E-state index contributed by atoms with van der Waals surface area (Å²) in [5.41, 5.74) is 0.576. The van der Waals surface area contributed by atoms with Crippen LogP contribution < -0.4 is 10.1 Å². The Balaban J connectivity index is 1.99. The number of aryl methyl sites for hydroxylation is 1. The molecule has 0 bridgehead atoms. The molecule has 0 fully saturated rings. The maximum atomic E-state index is 12.2. The Labute approximate surface area is 128 Å². The second-order valence-corrected chi connectivity index (χ2v) is 5.93. The molecule has 21 heavy (non-hydrogen) atoms. The molecule has 0 spiro atoms. The van der Waals surface area contributed by atoms with Crippen molar-refractivity contribution in [3.63, 3.8) is 0 Å². The van der Waals surface area contributed by atoms with Crippen molar-refractivity contribution < 1.29 is 14.3 Å².